The number of anilines is 3. The fraction of sp³-hybridized carbons (Fsp3) is 0.0769. The number of nitro groups is 1. The maximum Gasteiger partial charge on any atom is 0.315 e. The maximum atomic E-state index is 11.2. The number of nitrogens with zero attached hydrogens (tertiary/aromatic N) is 1. The lowest BCUT2D eigenvalue weighted by Gasteiger charge is -2.11. The highest BCUT2D eigenvalue weighted by Crippen LogP contribution is 2.36. The van der Waals surface area contributed by atoms with E-state index in [1.165, 1.54) is 0 Å². The molecule has 0 heterocycles. The van der Waals surface area contributed by atoms with Gasteiger partial charge in [-0.15, -0.1) is 0 Å². The van der Waals surface area contributed by atoms with Crippen LogP contribution in [0.3, 0.4) is 0 Å². The molecule has 0 saturated carbocycles. The van der Waals surface area contributed by atoms with Crippen LogP contribution in [0.5, 0.6) is 0 Å². The predicted octanol–water partition coefficient (Wildman–Crippen LogP) is 4.91. The molecule has 0 saturated heterocycles. The van der Waals surface area contributed by atoms with Gasteiger partial charge >= 0.3 is 5.69 Å². The fourth-order valence-corrected chi connectivity index (χ4v) is 2.92. The van der Waals surface area contributed by atoms with Crippen molar-refractivity contribution in [3.05, 3.63) is 55.5 Å². The molecule has 0 aliphatic rings. The number of nitro benzene ring substituents is 1. The third kappa shape index (κ3) is 3.10. The molecule has 0 amide bonds. The SMILES string of the molecule is CNc1cccc(Nc2ccc(Br)cc2Br)c1[N+](=O)[O-]. The van der Waals surface area contributed by atoms with Crippen LogP contribution >= 0.6 is 31.9 Å². The summed E-state index contributed by atoms with van der Waals surface area (Å²) in [4.78, 5) is 10.8. The van der Waals surface area contributed by atoms with E-state index in [-0.39, 0.29) is 5.69 Å². The van der Waals surface area contributed by atoms with Crippen LogP contribution < -0.4 is 10.6 Å². The number of benzene rings is 2. The fourth-order valence-electron chi connectivity index (χ4n) is 1.78. The van der Waals surface area contributed by atoms with E-state index in [1.807, 2.05) is 18.2 Å². The van der Waals surface area contributed by atoms with Gasteiger partial charge in [0.2, 0.25) is 0 Å². The summed E-state index contributed by atoms with van der Waals surface area (Å²) in [5.41, 5.74) is 1.67. The average molecular weight is 401 g/mol. The molecule has 2 rings (SSSR count). The van der Waals surface area contributed by atoms with Gasteiger partial charge in [0.1, 0.15) is 11.4 Å². The van der Waals surface area contributed by atoms with Gasteiger partial charge in [-0.2, -0.15) is 0 Å². The first kappa shape index (κ1) is 14.8. The van der Waals surface area contributed by atoms with Crippen molar-refractivity contribution in [1.82, 2.24) is 0 Å². The van der Waals surface area contributed by atoms with Gasteiger partial charge in [0.25, 0.3) is 0 Å². The molecule has 0 aromatic heterocycles. The number of hydrogen-bond donors (Lipinski definition) is 2. The second-order valence-corrected chi connectivity index (χ2v) is 5.73. The molecule has 2 aromatic rings. The Morgan fingerprint density at radius 1 is 1.10 bits per heavy atom. The van der Waals surface area contributed by atoms with Crippen LogP contribution in [0, 0.1) is 10.1 Å². The molecule has 0 fully saturated rings. The molecular formula is C13H11Br2N3O2. The molecular weight excluding hydrogens is 390 g/mol. The van der Waals surface area contributed by atoms with Crippen LogP contribution in [0.25, 0.3) is 0 Å². The van der Waals surface area contributed by atoms with E-state index in [2.05, 4.69) is 42.5 Å². The zero-order valence-corrected chi connectivity index (χ0v) is 13.7. The standard InChI is InChI=1S/C13H11Br2N3O2/c1-16-11-3-2-4-12(13(11)18(19)20)17-10-6-5-8(14)7-9(10)15/h2-7,16-17H,1H3. The van der Waals surface area contributed by atoms with Crippen molar-refractivity contribution in [2.75, 3.05) is 17.7 Å². The average Bonchev–Trinajstić information content (AvgIpc) is 2.41. The first-order chi connectivity index (χ1) is 9.52. The second-order valence-electron chi connectivity index (χ2n) is 3.96. The zero-order valence-electron chi connectivity index (χ0n) is 10.5. The first-order valence-corrected chi connectivity index (χ1v) is 7.28. The summed E-state index contributed by atoms with van der Waals surface area (Å²) in [5, 5.41) is 17.1. The van der Waals surface area contributed by atoms with Crippen molar-refractivity contribution in [3.8, 4) is 0 Å². The Kier molecular flexibility index (Phi) is 4.61. The van der Waals surface area contributed by atoms with Crippen molar-refractivity contribution in [3.63, 3.8) is 0 Å². The topological polar surface area (TPSA) is 67.2 Å². The van der Waals surface area contributed by atoms with Crippen molar-refractivity contribution in [1.29, 1.82) is 0 Å². The normalized spacial score (nSPS) is 10.2. The Hall–Kier alpha value is -1.60. The lowest BCUT2D eigenvalue weighted by Crippen LogP contribution is -2.01. The highest BCUT2D eigenvalue weighted by atomic mass is 79.9. The third-order valence-electron chi connectivity index (χ3n) is 2.69. The minimum absolute atomic E-state index is 0.0184. The van der Waals surface area contributed by atoms with E-state index in [9.17, 15) is 10.1 Å². The number of nitrogens with one attached hydrogen (secondary N) is 2. The summed E-state index contributed by atoms with van der Waals surface area (Å²) in [7, 11) is 1.65. The van der Waals surface area contributed by atoms with Gasteiger partial charge in [0, 0.05) is 16.0 Å². The van der Waals surface area contributed by atoms with E-state index in [4.69, 9.17) is 0 Å². The number of hydrogen-bond acceptors (Lipinski definition) is 4. The molecule has 104 valence electrons. The Labute approximate surface area is 132 Å². The third-order valence-corrected chi connectivity index (χ3v) is 3.84. The highest BCUT2D eigenvalue weighted by Gasteiger charge is 2.19. The Balaban J connectivity index is 2.45. The van der Waals surface area contributed by atoms with E-state index in [0.717, 1.165) is 14.6 Å². The van der Waals surface area contributed by atoms with E-state index in [0.29, 0.717) is 11.4 Å². The smallest absolute Gasteiger partial charge is 0.315 e. The maximum absolute atomic E-state index is 11.2. The summed E-state index contributed by atoms with van der Waals surface area (Å²) < 4.78 is 1.74. The van der Waals surface area contributed by atoms with Gasteiger partial charge < -0.3 is 10.6 Å². The van der Waals surface area contributed by atoms with E-state index >= 15 is 0 Å². The highest BCUT2D eigenvalue weighted by molar-refractivity contribution is 9.11. The van der Waals surface area contributed by atoms with Crippen LogP contribution in [0.4, 0.5) is 22.7 Å². The molecule has 2 aromatic carbocycles. The van der Waals surface area contributed by atoms with Crippen LogP contribution in [0.15, 0.2) is 45.3 Å². The predicted molar refractivity (Wildman–Crippen MR) is 87.8 cm³/mol. The molecule has 0 atom stereocenters. The van der Waals surface area contributed by atoms with Crippen LogP contribution in [0.1, 0.15) is 0 Å². The molecule has 7 heteroatoms. The van der Waals surface area contributed by atoms with E-state index < -0.39 is 4.92 Å². The van der Waals surface area contributed by atoms with Gasteiger partial charge in [0.15, 0.2) is 0 Å². The van der Waals surface area contributed by atoms with Crippen LogP contribution in [0.2, 0.25) is 0 Å². The van der Waals surface area contributed by atoms with Crippen molar-refractivity contribution < 1.29 is 4.92 Å². The zero-order chi connectivity index (χ0) is 14.7. The van der Waals surface area contributed by atoms with Gasteiger partial charge in [-0.1, -0.05) is 22.0 Å². The van der Waals surface area contributed by atoms with Crippen LogP contribution in [-0.2, 0) is 0 Å². The van der Waals surface area contributed by atoms with Gasteiger partial charge in [-0.25, -0.2) is 0 Å². The van der Waals surface area contributed by atoms with Gasteiger partial charge in [-0.05, 0) is 46.3 Å². The molecule has 0 aliphatic heterocycles. The summed E-state index contributed by atoms with van der Waals surface area (Å²) >= 11 is 6.79. The largest absolute Gasteiger partial charge is 0.382 e. The minimum atomic E-state index is -0.402. The monoisotopic (exact) mass is 399 g/mol. The Morgan fingerprint density at radius 2 is 1.80 bits per heavy atom. The summed E-state index contributed by atoms with van der Waals surface area (Å²) in [6.45, 7) is 0. The number of halogens is 2. The second kappa shape index (κ2) is 6.23. The lowest BCUT2D eigenvalue weighted by molar-refractivity contribution is -0.383. The molecule has 2 N–H and O–H groups in total. The quantitative estimate of drug-likeness (QED) is 0.565. The molecule has 0 spiro atoms. The summed E-state index contributed by atoms with van der Waals surface area (Å²) in [6, 6.07) is 10.7. The summed E-state index contributed by atoms with van der Waals surface area (Å²) in [6.07, 6.45) is 0. The number of rotatable bonds is 4. The van der Waals surface area contributed by atoms with Gasteiger partial charge in [0.05, 0.1) is 10.6 Å². The summed E-state index contributed by atoms with van der Waals surface area (Å²) in [5.74, 6) is 0. The minimum Gasteiger partial charge on any atom is -0.382 e. The molecule has 0 bridgehead atoms. The molecule has 0 unspecified atom stereocenters. The van der Waals surface area contributed by atoms with Crippen molar-refractivity contribution >= 4 is 54.6 Å². The molecule has 0 aliphatic carbocycles. The van der Waals surface area contributed by atoms with E-state index in [1.54, 1.807) is 25.2 Å². The van der Waals surface area contributed by atoms with Crippen molar-refractivity contribution in [2.24, 2.45) is 0 Å². The van der Waals surface area contributed by atoms with Crippen molar-refractivity contribution in [2.45, 2.75) is 0 Å². The van der Waals surface area contributed by atoms with Gasteiger partial charge in [-0.3, -0.25) is 10.1 Å². The molecule has 0 radical (unpaired) electrons. The molecule has 5 nitrogen and oxygen atoms in total. The lowest BCUT2D eigenvalue weighted by atomic mass is 10.2. The molecule has 20 heavy (non-hydrogen) atoms. The Bertz CT molecular complexity index is 662. The first-order valence-electron chi connectivity index (χ1n) is 5.70. The van der Waals surface area contributed by atoms with Crippen LogP contribution in [-0.4, -0.2) is 12.0 Å². The number of para-hydroxylation sites is 1. The Morgan fingerprint density at radius 3 is 2.40 bits per heavy atom.